The molecule has 34 heavy (non-hydrogen) atoms. The summed E-state index contributed by atoms with van der Waals surface area (Å²) in [5, 5.41) is 4.11. The lowest BCUT2D eigenvalue weighted by molar-refractivity contribution is -0.130. The molecule has 10 nitrogen and oxygen atoms in total. The largest absolute Gasteiger partial charge is 0.497 e. The molecular weight excluding hydrogens is 460 g/mol. The van der Waals surface area contributed by atoms with Gasteiger partial charge in [-0.05, 0) is 55.5 Å². The van der Waals surface area contributed by atoms with Crippen molar-refractivity contribution in [1.29, 1.82) is 0 Å². The van der Waals surface area contributed by atoms with Crippen LogP contribution in [0.3, 0.4) is 0 Å². The number of likely N-dealkylation sites (N-methyl/N-ethyl adjacent to an activating group) is 1. The average molecular weight is 487 g/mol. The van der Waals surface area contributed by atoms with Gasteiger partial charge in [0.15, 0.2) is 5.11 Å². The summed E-state index contributed by atoms with van der Waals surface area (Å²) in [6.07, 6.45) is -0.219. The molecule has 2 aromatic carbocycles. The van der Waals surface area contributed by atoms with Gasteiger partial charge in [-0.25, -0.2) is 5.01 Å². The van der Waals surface area contributed by atoms with Gasteiger partial charge < -0.3 is 19.5 Å². The maximum absolute atomic E-state index is 13.0. The Hall–Kier alpha value is -3.86. The van der Waals surface area contributed by atoms with Gasteiger partial charge in [0.2, 0.25) is 5.91 Å². The molecule has 2 aromatic rings. The maximum atomic E-state index is 13.0. The Balaban J connectivity index is 1.78. The number of methoxy groups -OCH3 is 3. The summed E-state index contributed by atoms with van der Waals surface area (Å²) in [6, 6.07) is 10.5. The van der Waals surface area contributed by atoms with Gasteiger partial charge in [-0.15, -0.1) is 0 Å². The normalized spacial score (nSPS) is 15.2. The van der Waals surface area contributed by atoms with Crippen molar-refractivity contribution in [3.63, 3.8) is 0 Å². The van der Waals surface area contributed by atoms with Crippen LogP contribution in [0.1, 0.15) is 23.7 Å². The minimum Gasteiger partial charge on any atom is -0.497 e. The van der Waals surface area contributed by atoms with Crippen molar-refractivity contribution in [2.45, 2.75) is 19.4 Å². The first-order chi connectivity index (χ1) is 16.3. The topological polar surface area (TPSA) is 109 Å². The lowest BCUT2D eigenvalue weighted by atomic mass is 10.1. The molecule has 1 unspecified atom stereocenters. The maximum Gasteiger partial charge on any atom is 0.270 e. The number of nitrogens with zero attached hydrogens (tertiary/aromatic N) is 2. The fourth-order valence-electron chi connectivity index (χ4n) is 3.42. The van der Waals surface area contributed by atoms with Crippen LogP contribution in [0.4, 0.5) is 5.69 Å². The predicted molar refractivity (Wildman–Crippen MR) is 129 cm³/mol. The molecule has 0 radical (unpaired) electrons. The standard InChI is InChI=1S/C23H26N4O6S/c1-5-26-22(30)19(13-20(28)24-15-6-8-16(31-2)9-7-15)27(23(26)34)25-21(29)14-10-17(32-3)12-18(11-14)33-4/h6-12,19H,5,13H2,1-4H3,(H,24,28)(H,25,29). The Kier molecular flexibility index (Phi) is 7.90. The Labute approximate surface area is 202 Å². The molecule has 0 aromatic heterocycles. The lowest BCUT2D eigenvalue weighted by Gasteiger charge is -2.24. The van der Waals surface area contributed by atoms with E-state index in [1.54, 1.807) is 44.4 Å². The molecule has 3 rings (SSSR count). The fourth-order valence-corrected chi connectivity index (χ4v) is 3.81. The number of thiocarbonyl (C=S) groups is 1. The van der Waals surface area contributed by atoms with E-state index in [9.17, 15) is 14.4 Å². The molecule has 1 atom stereocenters. The Morgan fingerprint density at radius 2 is 1.56 bits per heavy atom. The molecule has 0 spiro atoms. The van der Waals surface area contributed by atoms with Crippen molar-refractivity contribution in [3.8, 4) is 17.2 Å². The Morgan fingerprint density at radius 1 is 0.971 bits per heavy atom. The summed E-state index contributed by atoms with van der Waals surface area (Å²) >= 11 is 5.41. The van der Waals surface area contributed by atoms with Crippen LogP contribution in [0, 0.1) is 0 Å². The van der Waals surface area contributed by atoms with Crippen molar-refractivity contribution >= 4 is 40.7 Å². The minimum atomic E-state index is -0.998. The van der Waals surface area contributed by atoms with Crippen molar-refractivity contribution in [2.75, 3.05) is 33.2 Å². The average Bonchev–Trinajstić information content (AvgIpc) is 3.07. The molecular formula is C23H26N4O6S. The van der Waals surface area contributed by atoms with Gasteiger partial charge in [-0.2, -0.15) is 0 Å². The molecule has 0 saturated carbocycles. The van der Waals surface area contributed by atoms with E-state index in [2.05, 4.69) is 10.7 Å². The van der Waals surface area contributed by atoms with E-state index in [0.29, 0.717) is 29.5 Å². The highest BCUT2D eigenvalue weighted by Gasteiger charge is 2.44. The predicted octanol–water partition coefficient (Wildman–Crippen LogP) is 2.20. The van der Waals surface area contributed by atoms with Crippen LogP contribution in [0.15, 0.2) is 42.5 Å². The van der Waals surface area contributed by atoms with Crippen LogP contribution in [-0.4, -0.2) is 66.7 Å². The number of amides is 3. The summed E-state index contributed by atoms with van der Waals surface area (Å²) < 4.78 is 15.5. The van der Waals surface area contributed by atoms with Crippen LogP contribution in [0.2, 0.25) is 0 Å². The second-order valence-electron chi connectivity index (χ2n) is 7.27. The molecule has 1 saturated heterocycles. The van der Waals surface area contributed by atoms with Crippen molar-refractivity contribution < 1.29 is 28.6 Å². The second kappa shape index (κ2) is 10.8. The van der Waals surface area contributed by atoms with E-state index >= 15 is 0 Å². The second-order valence-corrected chi connectivity index (χ2v) is 7.64. The van der Waals surface area contributed by atoms with Gasteiger partial charge in [0.05, 0.1) is 27.8 Å². The van der Waals surface area contributed by atoms with Gasteiger partial charge in [0, 0.05) is 23.9 Å². The summed E-state index contributed by atoms with van der Waals surface area (Å²) in [7, 11) is 4.49. The smallest absolute Gasteiger partial charge is 0.270 e. The number of anilines is 1. The molecule has 1 fully saturated rings. The van der Waals surface area contributed by atoms with Crippen LogP contribution in [0.5, 0.6) is 17.2 Å². The number of nitrogens with one attached hydrogen (secondary N) is 2. The number of benzene rings is 2. The SMILES string of the molecule is CCN1C(=O)C(CC(=O)Nc2ccc(OC)cc2)N(NC(=O)c2cc(OC)cc(OC)c2)C1=S. The quantitative estimate of drug-likeness (QED) is 0.520. The number of rotatable bonds is 9. The van der Waals surface area contributed by atoms with E-state index in [-0.39, 0.29) is 23.0 Å². The fraction of sp³-hybridized carbons (Fsp3) is 0.304. The molecule has 1 aliphatic heterocycles. The van der Waals surface area contributed by atoms with Gasteiger partial charge in [-0.1, -0.05) is 0 Å². The molecule has 1 heterocycles. The highest BCUT2D eigenvalue weighted by Crippen LogP contribution is 2.24. The number of carbonyl (C=O) groups is 3. The first-order valence-electron chi connectivity index (χ1n) is 10.4. The zero-order chi connectivity index (χ0) is 24.8. The van der Waals surface area contributed by atoms with E-state index in [0.717, 1.165) is 0 Å². The molecule has 180 valence electrons. The van der Waals surface area contributed by atoms with Crippen molar-refractivity contribution in [1.82, 2.24) is 15.3 Å². The van der Waals surface area contributed by atoms with Gasteiger partial charge in [0.25, 0.3) is 11.8 Å². The lowest BCUT2D eigenvalue weighted by Crippen LogP contribution is -2.49. The van der Waals surface area contributed by atoms with E-state index in [1.807, 2.05) is 0 Å². The van der Waals surface area contributed by atoms with E-state index < -0.39 is 17.9 Å². The van der Waals surface area contributed by atoms with Crippen LogP contribution < -0.4 is 25.0 Å². The first kappa shape index (κ1) is 24.8. The third kappa shape index (κ3) is 5.37. The van der Waals surface area contributed by atoms with Crippen molar-refractivity contribution in [2.24, 2.45) is 0 Å². The van der Waals surface area contributed by atoms with E-state index in [1.165, 1.54) is 36.3 Å². The van der Waals surface area contributed by atoms with Crippen molar-refractivity contribution in [3.05, 3.63) is 48.0 Å². The number of ether oxygens (including phenoxy) is 3. The molecule has 3 amide bonds. The highest BCUT2D eigenvalue weighted by molar-refractivity contribution is 7.80. The van der Waals surface area contributed by atoms with Crippen LogP contribution >= 0.6 is 12.2 Å². The minimum absolute atomic E-state index is 0.109. The first-order valence-corrected chi connectivity index (χ1v) is 10.8. The summed E-state index contributed by atoms with van der Waals surface area (Å²) in [5.41, 5.74) is 3.44. The van der Waals surface area contributed by atoms with Crippen LogP contribution in [-0.2, 0) is 9.59 Å². The third-order valence-corrected chi connectivity index (χ3v) is 5.62. The van der Waals surface area contributed by atoms with Gasteiger partial charge in [0.1, 0.15) is 23.3 Å². The number of hydrazine groups is 1. The van der Waals surface area contributed by atoms with Crippen LogP contribution in [0.25, 0.3) is 0 Å². The zero-order valence-electron chi connectivity index (χ0n) is 19.3. The summed E-state index contributed by atoms with van der Waals surface area (Å²) in [6.45, 7) is 2.06. The molecule has 11 heteroatoms. The van der Waals surface area contributed by atoms with Gasteiger partial charge in [-0.3, -0.25) is 24.7 Å². The highest BCUT2D eigenvalue weighted by atomic mass is 32.1. The molecule has 0 aliphatic carbocycles. The number of carbonyl (C=O) groups excluding carboxylic acids is 3. The summed E-state index contributed by atoms with van der Waals surface area (Å²) in [4.78, 5) is 40.0. The number of hydrogen-bond acceptors (Lipinski definition) is 7. The Bertz CT molecular complexity index is 1070. The Morgan fingerprint density at radius 3 is 2.09 bits per heavy atom. The zero-order valence-corrected chi connectivity index (χ0v) is 20.1. The summed E-state index contributed by atoms with van der Waals surface area (Å²) in [5.74, 6) is 0.180. The molecule has 2 N–H and O–H groups in total. The third-order valence-electron chi connectivity index (χ3n) is 5.20. The molecule has 1 aliphatic rings. The molecule has 0 bridgehead atoms. The monoisotopic (exact) mass is 486 g/mol. The number of hydrogen-bond donors (Lipinski definition) is 2. The van der Waals surface area contributed by atoms with E-state index in [4.69, 9.17) is 26.4 Å². The van der Waals surface area contributed by atoms with Gasteiger partial charge >= 0.3 is 0 Å².